The van der Waals surface area contributed by atoms with Crippen LogP contribution in [0.5, 0.6) is 11.5 Å². The normalized spacial score (nSPS) is 11.1. The van der Waals surface area contributed by atoms with Crippen LogP contribution < -0.4 is 9.47 Å². The van der Waals surface area contributed by atoms with Crippen LogP contribution in [-0.4, -0.2) is 24.3 Å². The molecule has 0 aromatic heterocycles. The molecule has 4 nitrogen and oxygen atoms in total. The second kappa shape index (κ2) is 6.58. The van der Waals surface area contributed by atoms with Gasteiger partial charge in [-0.2, -0.15) is 0 Å². The molecule has 0 saturated carbocycles. The molecule has 0 spiro atoms. The molecule has 1 aromatic rings. The third kappa shape index (κ3) is 4.59. The quantitative estimate of drug-likeness (QED) is 0.771. The summed E-state index contributed by atoms with van der Waals surface area (Å²) in [6, 6.07) is 7.31. The van der Waals surface area contributed by atoms with Gasteiger partial charge in [-0.15, -0.1) is 0 Å². The Morgan fingerprint density at radius 3 is 2.41 bits per heavy atom. The van der Waals surface area contributed by atoms with Crippen molar-refractivity contribution in [3.8, 4) is 11.5 Å². The van der Waals surface area contributed by atoms with E-state index in [9.17, 15) is 4.79 Å². The van der Waals surface area contributed by atoms with E-state index in [2.05, 4.69) is 0 Å². The Kier molecular flexibility index (Phi) is 5.07. The van der Waals surface area contributed by atoms with Gasteiger partial charge >= 0.3 is 5.97 Å². The minimum atomic E-state index is -0.968. The first-order chi connectivity index (χ1) is 8.13. The number of hydrogen-bond donors (Lipinski definition) is 1. The average molecular weight is 236 g/mol. The summed E-state index contributed by atoms with van der Waals surface area (Å²) in [7, 11) is 0. The highest BCUT2D eigenvalue weighted by Crippen LogP contribution is 2.26. The number of carbonyl (C=O) groups is 1. The number of carboxylic acid groups (broad SMARTS) is 1. The van der Waals surface area contributed by atoms with Crippen LogP contribution in [0, 0.1) is 0 Å². The largest absolute Gasteiger partial charge is 0.490 e. The van der Waals surface area contributed by atoms with Gasteiger partial charge in [0.2, 0.25) is 0 Å². The van der Waals surface area contributed by atoms with Gasteiger partial charge in [0.05, 0.1) is 6.61 Å². The van der Waals surface area contributed by atoms with Crippen molar-refractivity contribution in [2.75, 3.05) is 13.2 Å². The van der Waals surface area contributed by atoms with E-state index in [1.165, 1.54) is 0 Å². The number of para-hydroxylation sites is 2. The highest BCUT2D eigenvalue weighted by atomic mass is 16.5. The Morgan fingerprint density at radius 1 is 1.29 bits per heavy atom. The van der Waals surface area contributed by atoms with E-state index in [1.54, 1.807) is 13.0 Å². The molecule has 1 aromatic carbocycles. The lowest BCUT2D eigenvalue weighted by Gasteiger charge is -2.11. The highest BCUT2D eigenvalue weighted by Gasteiger charge is 2.03. The van der Waals surface area contributed by atoms with Gasteiger partial charge in [-0.3, -0.25) is 0 Å². The van der Waals surface area contributed by atoms with Gasteiger partial charge in [-0.1, -0.05) is 12.1 Å². The zero-order valence-electron chi connectivity index (χ0n) is 9.97. The number of carboxylic acids is 1. The van der Waals surface area contributed by atoms with Gasteiger partial charge in [0.15, 0.2) is 11.5 Å². The number of benzene rings is 1. The van der Waals surface area contributed by atoms with Crippen molar-refractivity contribution >= 4 is 5.97 Å². The summed E-state index contributed by atoms with van der Waals surface area (Å²) in [6.07, 6.45) is 1.13. The SMILES string of the molecule is CCOc1ccccc1OC/C(C)=C/C(=O)O. The zero-order valence-corrected chi connectivity index (χ0v) is 9.97. The zero-order chi connectivity index (χ0) is 12.7. The molecule has 0 fully saturated rings. The van der Waals surface area contributed by atoms with E-state index in [0.717, 1.165) is 6.08 Å². The fourth-order valence-electron chi connectivity index (χ4n) is 1.29. The summed E-state index contributed by atoms with van der Waals surface area (Å²) >= 11 is 0. The lowest BCUT2D eigenvalue weighted by atomic mass is 10.3. The fourth-order valence-corrected chi connectivity index (χ4v) is 1.29. The fraction of sp³-hybridized carbons (Fsp3) is 0.308. The first kappa shape index (κ1) is 13.1. The second-order valence-electron chi connectivity index (χ2n) is 3.50. The van der Waals surface area contributed by atoms with Crippen LogP contribution >= 0.6 is 0 Å². The summed E-state index contributed by atoms with van der Waals surface area (Å²) in [6.45, 7) is 4.39. The Morgan fingerprint density at radius 2 is 1.88 bits per heavy atom. The molecule has 0 aliphatic rings. The molecule has 1 rings (SSSR count). The van der Waals surface area contributed by atoms with E-state index in [0.29, 0.717) is 23.7 Å². The summed E-state index contributed by atoms with van der Waals surface area (Å²) < 4.78 is 10.9. The molecule has 0 amide bonds. The maximum Gasteiger partial charge on any atom is 0.328 e. The molecule has 0 unspecified atom stereocenters. The lowest BCUT2D eigenvalue weighted by molar-refractivity contribution is -0.131. The number of hydrogen-bond acceptors (Lipinski definition) is 3. The molecule has 1 N–H and O–H groups in total. The molecule has 0 atom stereocenters. The van der Waals surface area contributed by atoms with Gasteiger partial charge < -0.3 is 14.6 Å². The molecule has 4 heteroatoms. The van der Waals surface area contributed by atoms with Gasteiger partial charge in [-0.25, -0.2) is 4.79 Å². The minimum absolute atomic E-state index is 0.233. The molecular formula is C13H16O4. The van der Waals surface area contributed by atoms with Crippen molar-refractivity contribution in [3.05, 3.63) is 35.9 Å². The van der Waals surface area contributed by atoms with Crippen molar-refractivity contribution in [1.82, 2.24) is 0 Å². The van der Waals surface area contributed by atoms with E-state index in [1.807, 2.05) is 25.1 Å². The van der Waals surface area contributed by atoms with Crippen LogP contribution in [0.4, 0.5) is 0 Å². The number of rotatable bonds is 6. The third-order valence-corrected chi connectivity index (χ3v) is 1.97. The summed E-state index contributed by atoms with van der Waals surface area (Å²) in [4.78, 5) is 10.4. The van der Waals surface area contributed by atoms with Crippen molar-refractivity contribution in [1.29, 1.82) is 0 Å². The van der Waals surface area contributed by atoms with E-state index >= 15 is 0 Å². The second-order valence-corrected chi connectivity index (χ2v) is 3.50. The first-order valence-electron chi connectivity index (χ1n) is 5.38. The van der Waals surface area contributed by atoms with Crippen LogP contribution in [0.2, 0.25) is 0 Å². The molecule has 0 heterocycles. The maximum absolute atomic E-state index is 10.4. The predicted octanol–water partition coefficient (Wildman–Crippen LogP) is 2.50. The summed E-state index contributed by atoms with van der Waals surface area (Å²) in [5.74, 6) is 0.315. The van der Waals surface area contributed by atoms with Crippen molar-refractivity contribution in [2.45, 2.75) is 13.8 Å². The van der Waals surface area contributed by atoms with E-state index in [4.69, 9.17) is 14.6 Å². The van der Waals surface area contributed by atoms with Crippen LogP contribution in [0.15, 0.2) is 35.9 Å². The molecule has 0 bridgehead atoms. The van der Waals surface area contributed by atoms with Crippen molar-refractivity contribution in [2.24, 2.45) is 0 Å². The van der Waals surface area contributed by atoms with E-state index < -0.39 is 5.97 Å². The molecule has 0 radical (unpaired) electrons. The Labute approximate surface area is 100 Å². The smallest absolute Gasteiger partial charge is 0.328 e. The summed E-state index contributed by atoms with van der Waals surface area (Å²) in [5, 5.41) is 8.56. The van der Waals surface area contributed by atoms with Gasteiger partial charge in [0, 0.05) is 6.08 Å². The van der Waals surface area contributed by atoms with Gasteiger partial charge in [0.1, 0.15) is 6.61 Å². The van der Waals surface area contributed by atoms with E-state index in [-0.39, 0.29) is 6.61 Å². The topological polar surface area (TPSA) is 55.8 Å². The third-order valence-electron chi connectivity index (χ3n) is 1.97. The van der Waals surface area contributed by atoms with Crippen molar-refractivity contribution in [3.63, 3.8) is 0 Å². The van der Waals surface area contributed by atoms with Crippen LogP contribution in [0.1, 0.15) is 13.8 Å². The maximum atomic E-state index is 10.4. The Balaban J connectivity index is 2.65. The average Bonchev–Trinajstić information content (AvgIpc) is 2.27. The van der Waals surface area contributed by atoms with Crippen LogP contribution in [0.3, 0.4) is 0 Å². The lowest BCUT2D eigenvalue weighted by Crippen LogP contribution is -2.03. The highest BCUT2D eigenvalue weighted by molar-refractivity contribution is 5.80. The standard InChI is InChI=1S/C13H16O4/c1-3-16-11-6-4-5-7-12(11)17-9-10(2)8-13(14)15/h4-8H,3,9H2,1-2H3,(H,14,15)/b10-8+. The molecular weight excluding hydrogens is 220 g/mol. The Hall–Kier alpha value is -1.97. The predicted molar refractivity (Wildman–Crippen MR) is 64.5 cm³/mol. The number of ether oxygens (including phenoxy) is 2. The molecule has 0 aliphatic carbocycles. The monoisotopic (exact) mass is 236 g/mol. The summed E-state index contributed by atoms with van der Waals surface area (Å²) in [5.41, 5.74) is 0.642. The molecule has 17 heavy (non-hydrogen) atoms. The molecule has 0 saturated heterocycles. The van der Waals surface area contributed by atoms with Crippen LogP contribution in [0.25, 0.3) is 0 Å². The Bertz CT molecular complexity index is 410. The first-order valence-corrected chi connectivity index (χ1v) is 5.38. The molecule has 0 aliphatic heterocycles. The molecule has 92 valence electrons. The van der Waals surface area contributed by atoms with Gasteiger partial charge in [0.25, 0.3) is 0 Å². The van der Waals surface area contributed by atoms with Crippen LogP contribution in [-0.2, 0) is 4.79 Å². The number of aliphatic carboxylic acids is 1. The minimum Gasteiger partial charge on any atom is -0.490 e. The van der Waals surface area contributed by atoms with Crippen molar-refractivity contribution < 1.29 is 19.4 Å². The van der Waals surface area contributed by atoms with Gasteiger partial charge in [-0.05, 0) is 31.6 Å².